The van der Waals surface area contributed by atoms with Crippen LogP contribution >= 0.6 is 0 Å². The minimum absolute atomic E-state index is 0.224. The summed E-state index contributed by atoms with van der Waals surface area (Å²) in [5.41, 5.74) is 0.161. The lowest BCUT2D eigenvalue weighted by Gasteiger charge is -2.41. The first-order valence-corrected chi connectivity index (χ1v) is 6.29. The van der Waals surface area contributed by atoms with Gasteiger partial charge in [-0.2, -0.15) is 0 Å². The van der Waals surface area contributed by atoms with Gasteiger partial charge in [-0.1, -0.05) is 12.1 Å². The molecule has 2 N–H and O–H groups in total. The molecule has 0 aromatic heterocycles. The summed E-state index contributed by atoms with van der Waals surface area (Å²) >= 11 is 0. The maximum Gasteiger partial charge on any atom is 0.323 e. The summed E-state index contributed by atoms with van der Waals surface area (Å²) in [6.07, 6.45) is 2.67. The molecule has 1 aliphatic heterocycles. The fourth-order valence-corrected chi connectivity index (χ4v) is 2.55. The maximum atomic E-state index is 11.5. The number of hydrogen-bond acceptors (Lipinski definition) is 3. The number of rotatable bonds is 3. The molecule has 0 aliphatic carbocycles. The molecule has 0 saturated carbocycles. The molecule has 1 atom stereocenters. The van der Waals surface area contributed by atoms with Crippen LogP contribution in [-0.2, 0) is 11.3 Å². The molecule has 18 heavy (non-hydrogen) atoms. The van der Waals surface area contributed by atoms with Crippen LogP contribution < -0.4 is 0 Å². The van der Waals surface area contributed by atoms with E-state index in [2.05, 4.69) is 0 Å². The molecule has 1 aromatic rings. The second-order valence-corrected chi connectivity index (χ2v) is 5.13. The fraction of sp³-hybridized carbons (Fsp3) is 0.500. The highest BCUT2D eigenvalue weighted by molar-refractivity contribution is 5.78. The molecule has 1 aromatic carbocycles. The van der Waals surface area contributed by atoms with Gasteiger partial charge in [-0.05, 0) is 50.4 Å². The highest BCUT2D eigenvalue weighted by Crippen LogP contribution is 2.30. The Hall–Kier alpha value is -1.55. The predicted molar refractivity (Wildman–Crippen MR) is 68.4 cm³/mol. The van der Waals surface area contributed by atoms with Gasteiger partial charge in [0.2, 0.25) is 0 Å². The zero-order valence-electron chi connectivity index (χ0n) is 10.6. The average molecular weight is 249 g/mol. The Labute approximate surface area is 107 Å². The van der Waals surface area contributed by atoms with Crippen molar-refractivity contribution in [1.29, 1.82) is 0 Å². The molecule has 0 amide bonds. The molecule has 0 radical (unpaired) electrons. The van der Waals surface area contributed by atoms with Gasteiger partial charge < -0.3 is 10.2 Å². The second kappa shape index (κ2) is 4.98. The number of benzene rings is 1. The Morgan fingerprint density at radius 1 is 1.44 bits per heavy atom. The van der Waals surface area contributed by atoms with Gasteiger partial charge in [0.15, 0.2) is 0 Å². The van der Waals surface area contributed by atoms with Crippen molar-refractivity contribution in [1.82, 2.24) is 4.90 Å². The minimum atomic E-state index is -0.788. The SMILES string of the molecule is CC1(C(=O)O)CCCCN1Cc1cccc(O)c1. The number of carbonyl (C=O) groups is 1. The third-order valence-corrected chi connectivity index (χ3v) is 3.78. The molecule has 0 bridgehead atoms. The van der Waals surface area contributed by atoms with E-state index in [-0.39, 0.29) is 5.75 Å². The third-order valence-electron chi connectivity index (χ3n) is 3.78. The van der Waals surface area contributed by atoms with E-state index >= 15 is 0 Å². The van der Waals surface area contributed by atoms with Gasteiger partial charge >= 0.3 is 5.97 Å². The molecule has 4 heteroatoms. The largest absolute Gasteiger partial charge is 0.508 e. The van der Waals surface area contributed by atoms with Gasteiger partial charge in [0.1, 0.15) is 11.3 Å². The summed E-state index contributed by atoms with van der Waals surface area (Å²) in [7, 11) is 0. The smallest absolute Gasteiger partial charge is 0.323 e. The highest BCUT2D eigenvalue weighted by atomic mass is 16.4. The van der Waals surface area contributed by atoms with Gasteiger partial charge in [-0.15, -0.1) is 0 Å². The average Bonchev–Trinajstić information content (AvgIpc) is 2.32. The first-order chi connectivity index (χ1) is 8.52. The van der Waals surface area contributed by atoms with Crippen molar-refractivity contribution in [2.75, 3.05) is 6.54 Å². The normalized spacial score (nSPS) is 24.9. The lowest BCUT2D eigenvalue weighted by Crippen LogP contribution is -2.54. The quantitative estimate of drug-likeness (QED) is 0.862. The number of nitrogens with zero attached hydrogens (tertiary/aromatic N) is 1. The van der Waals surface area contributed by atoms with Gasteiger partial charge in [-0.3, -0.25) is 9.69 Å². The molecular weight excluding hydrogens is 230 g/mol. The Morgan fingerprint density at radius 3 is 2.89 bits per heavy atom. The Bertz CT molecular complexity index is 446. The molecule has 98 valence electrons. The van der Waals surface area contributed by atoms with Crippen LogP contribution in [0.1, 0.15) is 31.7 Å². The summed E-state index contributed by atoms with van der Waals surface area (Å²) in [5, 5.41) is 18.9. The Balaban J connectivity index is 2.18. The van der Waals surface area contributed by atoms with Crippen LogP contribution in [0.25, 0.3) is 0 Å². The van der Waals surface area contributed by atoms with Gasteiger partial charge in [0, 0.05) is 6.54 Å². The lowest BCUT2D eigenvalue weighted by molar-refractivity contribution is -0.153. The monoisotopic (exact) mass is 249 g/mol. The third kappa shape index (κ3) is 2.48. The summed E-state index contributed by atoms with van der Waals surface area (Å²) in [6.45, 7) is 3.15. The van der Waals surface area contributed by atoms with Crippen molar-refractivity contribution >= 4 is 5.97 Å². The number of aromatic hydroxyl groups is 1. The standard InChI is InChI=1S/C14H19NO3/c1-14(13(17)18)7-2-3-8-15(14)10-11-5-4-6-12(16)9-11/h4-6,9,16H,2-3,7-8,10H2,1H3,(H,17,18). The number of hydrogen-bond donors (Lipinski definition) is 2. The van der Waals surface area contributed by atoms with Crippen molar-refractivity contribution in [3.63, 3.8) is 0 Å². The molecular formula is C14H19NO3. The molecule has 2 rings (SSSR count). The predicted octanol–water partition coefficient (Wildman–Crippen LogP) is 2.22. The van der Waals surface area contributed by atoms with E-state index in [1.54, 1.807) is 25.1 Å². The van der Waals surface area contributed by atoms with Crippen LogP contribution in [0.2, 0.25) is 0 Å². The first-order valence-electron chi connectivity index (χ1n) is 6.29. The summed E-state index contributed by atoms with van der Waals surface area (Å²) in [4.78, 5) is 13.4. The van der Waals surface area contributed by atoms with Crippen molar-refractivity contribution in [3.8, 4) is 5.75 Å². The van der Waals surface area contributed by atoms with E-state index in [0.29, 0.717) is 13.0 Å². The Kier molecular flexibility index (Phi) is 3.57. The molecule has 4 nitrogen and oxygen atoms in total. The van der Waals surface area contributed by atoms with E-state index in [1.165, 1.54) is 0 Å². The van der Waals surface area contributed by atoms with E-state index in [9.17, 15) is 15.0 Å². The first kappa shape index (κ1) is 12.9. The number of aliphatic carboxylic acids is 1. The number of likely N-dealkylation sites (tertiary alicyclic amines) is 1. The number of phenolic OH excluding ortho intramolecular Hbond substituents is 1. The molecule has 0 spiro atoms. The number of carboxylic acids is 1. The van der Waals surface area contributed by atoms with Gasteiger partial charge in [-0.25, -0.2) is 0 Å². The van der Waals surface area contributed by atoms with Crippen LogP contribution in [0.5, 0.6) is 5.75 Å². The van der Waals surface area contributed by atoms with Gasteiger partial charge in [0.25, 0.3) is 0 Å². The Morgan fingerprint density at radius 2 is 2.22 bits per heavy atom. The molecule has 1 unspecified atom stereocenters. The van der Waals surface area contributed by atoms with E-state index in [0.717, 1.165) is 24.9 Å². The summed E-state index contributed by atoms with van der Waals surface area (Å²) in [6, 6.07) is 7.01. The second-order valence-electron chi connectivity index (χ2n) is 5.13. The van der Waals surface area contributed by atoms with Crippen LogP contribution in [0.4, 0.5) is 0 Å². The molecule has 1 fully saturated rings. The fourth-order valence-electron chi connectivity index (χ4n) is 2.55. The van der Waals surface area contributed by atoms with Crippen LogP contribution in [0.15, 0.2) is 24.3 Å². The number of phenols is 1. The molecule has 1 saturated heterocycles. The zero-order chi connectivity index (χ0) is 13.2. The van der Waals surface area contributed by atoms with Crippen molar-refractivity contribution < 1.29 is 15.0 Å². The molecule has 1 heterocycles. The van der Waals surface area contributed by atoms with E-state index in [1.807, 2.05) is 11.0 Å². The summed E-state index contributed by atoms with van der Waals surface area (Å²) < 4.78 is 0. The number of carboxylic acid groups (broad SMARTS) is 1. The molecule has 1 aliphatic rings. The van der Waals surface area contributed by atoms with Crippen molar-refractivity contribution in [2.24, 2.45) is 0 Å². The lowest BCUT2D eigenvalue weighted by atomic mass is 9.88. The van der Waals surface area contributed by atoms with E-state index < -0.39 is 11.5 Å². The van der Waals surface area contributed by atoms with Gasteiger partial charge in [0.05, 0.1) is 0 Å². The van der Waals surface area contributed by atoms with Crippen molar-refractivity contribution in [2.45, 2.75) is 38.3 Å². The topological polar surface area (TPSA) is 60.8 Å². The highest BCUT2D eigenvalue weighted by Gasteiger charge is 2.41. The zero-order valence-corrected chi connectivity index (χ0v) is 10.6. The number of piperidine rings is 1. The minimum Gasteiger partial charge on any atom is -0.508 e. The van der Waals surface area contributed by atoms with Crippen LogP contribution in [0.3, 0.4) is 0 Å². The summed E-state index contributed by atoms with van der Waals surface area (Å²) in [5.74, 6) is -0.538. The van der Waals surface area contributed by atoms with Crippen molar-refractivity contribution in [3.05, 3.63) is 29.8 Å². The maximum absolute atomic E-state index is 11.5. The van der Waals surface area contributed by atoms with Crippen LogP contribution in [0, 0.1) is 0 Å². The van der Waals surface area contributed by atoms with E-state index in [4.69, 9.17) is 0 Å². The van der Waals surface area contributed by atoms with Crippen LogP contribution in [-0.4, -0.2) is 33.2 Å².